The van der Waals surface area contributed by atoms with E-state index in [0.717, 1.165) is 19.3 Å². The van der Waals surface area contributed by atoms with E-state index in [9.17, 15) is 0 Å². The van der Waals surface area contributed by atoms with E-state index in [1.807, 2.05) is 0 Å². The lowest BCUT2D eigenvalue weighted by molar-refractivity contribution is 0.892. The highest BCUT2D eigenvalue weighted by Crippen LogP contribution is 2.53. The molecule has 4 heteroatoms. The Morgan fingerprint density at radius 3 is 1.36 bits per heavy atom. The summed E-state index contributed by atoms with van der Waals surface area (Å²) in [5, 5.41) is 0. The summed E-state index contributed by atoms with van der Waals surface area (Å²) in [7, 11) is 0. The van der Waals surface area contributed by atoms with Crippen LogP contribution in [0.2, 0.25) is 0 Å². The van der Waals surface area contributed by atoms with Crippen LogP contribution in [0.1, 0.15) is 101 Å². The maximum Gasteiger partial charge on any atom is 0.248 e. The van der Waals surface area contributed by atoms with Gasteiger partial charge < -0.3 is 9.80 Å². The second kappa shape index (κ2) is 20.8. The van der Waals surface area contributed by atoms with Crippen LogP contribution in [0.15, 0.2) is 253 Å². The standard InChI is InChI=1S/C95H72B2N2/c1-52-38-54(3)86(55(4)39-52)70-32-35-75-76-19-12-22-84-94(76)97(79(75)49-70)81-51-72(34-37-83(81)98(84)73-45-66-28-24-61-14-9-15-62-25-29-67(46-73)91(66)89(61)62)88-58(7)42-60(43-59(88)8)44-65-18-11-21-78-93(65)77-20-13-23-85-95(77)96(78)80-50-71(87-56(5)40-53(2)41-57(87)6)33-36-82(80)99(85)74-47-68-30-26-63-16-10-17-64-27-31-69(48-74)92(68)90(63)64/h9-28,30,32-43,45-51,89-90H,29,31,44H2,1-8H3. The summed E-state index contributed by atoms with van der Waals surface area (Å²) < 4.78 is 0. The van der Waals surface area contributed by atoms with Gasteiger partial charge in [-0.25, -0.2) is 0 Å². The average Bonchev–Trinajstić information content (AvgIpc) is 1.63. The number of allylic oxidation sites excluding steroid dienone is 14. The van der Waals surface area contributed by atoms with Gasteiger partial charge in [0.25, 0.3) is 0 Å². The fourth-order valence-electron chi connectivity index (χ4n) is 20.8. The number of anilines is 6. The summed E-state index contributed by atoms with van der Waals surface area (Å²) in [6.45, 7) is 18.4. The molecule has 99 heavy (non-hydrogen) atoms. The molecule has 4 heterocycles. The SMILES string of the molecule is Cc1cc(C)c(-c2ccc3c(c2)B2c4cc(-c5c(C)cc(Cc6cccc7c6-c6cccc8c6B7c6cc(-c7c(C)cc(C)cc7C)ccc6N8c6cc7c8c(c6)CC=C6C=CC=C(C=C7)C68)cc5C)ccc4N(c4cc5c6c(c4)CC=C4C=CC=C(C=C5)C46)c4cccc-3c42)c(C)c1. The Morgan fingerprint density at radius 1 is 0.364 bits per heavy atom. The van der Waals surface area contributed by atoms with Crippen molar-refractivity contribution in [3.8, 4) is 55.6 Å². The third-order valence-corrected chi connectivity index (χ3v) is 24.2. The van der Waals surface area contributed by atoms with Gasteiger partial charge in [0, 0.05) is 46.0 Å². The highest BCUT2D eigenvalue weighted by atomic mass is 15.2. The van der Waals surface area contributed by atoms with Gasteiger partial charge in [0.15, 0.2) is 0 Å². The first kappa shape index (κ1) is 57.2. The number of hydrogen-bond donors (Lipinski definition) is 0. The predicted molar refractivity (Wildman–Crippen MR) is 421 cm³/mol. The Kier molecular flexibility index (Phi) is 12.0. The van der Waals surface area contributed by atoms with Crippen LogP contribution in [0.4, 0.5) is 34.1 Å². The lowest BCUT2D eigenvalue weighted by atomic mass is 9.37. The van der Waals surface area contributed by atoms with Crippen LogP contribution in [0.3, 0.4) is 0 Å². The van der Waals surface area contributed by atoms with Crippen molar-refractivity contribution < 1.29 is 0 Å². The van der Waals surface area contributed by atoms with Gasteiger partial charge in [-0.3, -0.25) is 0 Å². The quantitative estimate of drug-likeness (QED) is 0.147. The molecule has 0 N–H and O–H groups in total. The highest BCUT2D eigenvalue weighted by Gasteiger charge is 2.46. The van der Waals surface area contributed by atoms with Crippen molar-refractivity contribution in [2.75, 3.05) is 9.80 Å². The van der Waals surface area contributed by atoms with E-state index in [-0.39, 0.29) is 13.4 Å². The summed E-state index contributed by atoms with van der Waals surface area (Å²) in [6.07, 6.45) is 30.8. The fraction of sp³-hybridized carbons (Fsp3) is 0.137. The first-order chi connectivity index (χ1) is 48.3. The number of hydrogen-bond acceptors (Lipinski definition) is 2. The third-order valence-electron chi connectivity index (χ3n) is 24.2. The molecule has 11 aromatic carbocycles. The van der Waals surface area contributed by atoms with Crippen LogP contribution in [-0.4, -0.2) is 13.4 Å². The Balaban J connectivity index is 0.689. The molecule has 0 amide bonds. The number of nitrogens with zero attached hydrogens (tertiary/aromatic N) is 2. The monoisotopic (exact) mass is 1260 g/mol. The molecular formula is C95H72B2N2. The summed E-state index contributed by atoms with van der Waals surface area (Å²) >= 11 is 0. The molecule has 0 bridgehead atoms. The molecule has 10 aliphatic rings. The van der Waals surface area contributed by atoms with Crippen molar-refractivity contribution in [1.82, 2.24) is 0 Å². The third kappa shape index (κ3) is 8.15. The van der Waals surface area contributed by atoms with E-state index >= 15 is 0 Å². The molecule has 468 valence electrons. The smallest absolute Gasteiger partial charge is 0.248 e. The van der Waals surface area contributed by atoms with Gasteiger partial charge in [0.2, 0.25) is 13.4 Å². The lowest BCUT2D eigenvalue weighted by Crippen LogP contribution is -2.54. The van der Waals surface area contributed by atoms with E-state index in [2.05, 4.69) is 308 Å². The number of rotatable bonds is 7. The van der Waals surface area contributed by atoms with Crippen LogP contribution in [0.25, 0.3) is 67.8 Å². The molecule has 6 aliphatic carbocycles. The minimum atomic E-state index is 0.0557. The Labute approximate surface area is 582 Å². The van der Waals surface area contributed by atoms with E-state index < -0.39 is 0 Å². The van der Waals surface area contributed by atoms with Gasteiger partial charge >= 0.3 is 0 Å². The number of benzene rings is 11. The predicted octanol–water partition coefficient (Wildman–Crippen LogP) is 19.5. The largest absolute Gasteiger partial charge is 0.311 e. The van der Waals surface area contributed by atoms with Crippen molar-refractivity contribution in [3.05, 3.63) is 342 Å². The van der Waals surface area contributed by atoms with Crippen LogP contribution >= 0.6 is 0 Å². The Morgan fingerprint density at radius 2 is 0.828 bits per heavy atom. The van der Waals surface area contributed by atoms with Crippen LogP contribution < -0.4 is 42.6 Å². The average molecular weight is 1260 g/mol. The van der Waals surface area contributed by atoms with Crippen molar-refractivity contribution >= 4 is 92.5 Å². The van der Waals surface area contributed by atoms with Crippen molar-refractivity contribution in [1.29, 1.82) is 0 Å². The molecule has 0 aromatic heterocycles. The maximum absolute atomic E-state index is 2.62. The zero-order valence-corrected chi connectivity index (χ0v) is 57.4. The zero-order valence-electron chi connectivity index (χ0n) is 57.4. The molecule has 2 unspecified atom stereocenters. The van der Waals surface area contributed by atoms with Gasteiger partial charge in [-0.05, 0) is 301 Å². The van der Waals surface area contributed by atoms with Crippen LogP contribution in [0.5, 0.6) is 0 Å². The van der Waals surface area contributed by atoms with Gasteiger partial charge in [-0.15, -0.1) is 0 Å². The highest BCUT2D eigenvalue weighted by molar-refractivity contribution is 7.02. The van der Waals surface area contributed by atoms with Gasteiger partial charge in [0.1, 0.15) is 0 Å². The zero-order chi connectivity index (χ0) is 66.1. The normalized spacial score (nSPS) is 17.1. The molecule has 2 atom stereocenters. The molecular weight excluding hydrogens is 1190 g/mol. The van der Waals surface area contributed by atoms with Crippen LogP contribution in [0, 0.1) is 55.4 Å². The van der Waals surface area contributed by atoms with Crippen molar-refractivity contribution in [2.45, 2.75) is 86.5 Å². The van der Waals surface area contributed by atoms with Crippen molar-refractivity contribution in [2.24, 2.45) is 0 Å². The summed E-state index contributed by atoms with van der Waals surface area (Å²) in [5.74, 6) is 0.613. The molecule has 0 saturated carbocycles. The Hall–Kier alpha value is -10.9. The second-order valence-corrected chi connectivity index (χ2v) is 30.2. The van der Waals surface area contributed by atoms with E-state index in [0.29, 0.717) is 11.8 Å². The van der Waals surface area contributed by atoms with Gasteiger partial charge in [-0.1, -0.05) is 216 Å². The molecule has 0 fully saturated rings. The van der Waals surface area contributed by atoms with E-state index in [4.69, 9.17) is 0 Å². The lowest BCUT2D eigenvalue weighted by Gasteiger charge is -2.38. The summed E-state index contributed by atoms with van der Waals surface area (Å²) in [5.41, 5.74) is 56.6. The molecule has 11 aromatic rings. The van der Waals surface area contributed by atoms with Gasteiger partial charge in [-0.2, -0.15) is 0 Å². The minimum Gasteiger partial charge on any atom is -0.311 e. The minimum absolute atomic E-state index is 0.0557. The molecule has 0 spiro atoms. The molecule has 2 nitrogen and oxygen atoms in total. The first-order valence-corrected chi connectivity index (χ1v) is 35.9. The summed E-state index contributed by atoms with van der Waals surface area (Å²) in [6, 6.07) is 68.2. The van der Waals surface area contributed by atoms with Crippen molar-refractivity contribution in [3.63, 3.8) is 0 Å². The number of aryl methyl sites for hydroxylation is 8. The molecule has 0 radical (unpaired) electrons. The second-order valence-electron chi connectivity index (χ2n) is 30.2. The molecule has 4 aliphatic heterocycles. The Bertz CT molecular complexity index is 5830. The molecule has 21 rings (SSSR count). The summed E-state index contributed by atoms with van der Waals surface area (Å²) in [4.78, 5) is 5.24. The fourth-order valence-corrected chi connectivity index (χ4v) is 20.8. The first-order valence-electron chi connectivity index (χ1n) is 35.9. The van der Waals surface area contributed by atoms with E-state index in [1.54, 1.807) is 0 Å². The van der Waals surface area contributed by atoms with Gasteiger partial charge in [0.05, 0.1) is 0 Å². The maximum atomic E-state index is 2.62. The van der Waals surface area contributed by atoms with Crippen LogP contribution in [-0.2, 0) is 19.3 Å². The van der Waals surface area contributed by atoms with E-state index in [1.165, 1.54) is 234 Å². The topological polar surface area (TPSA) is 6.48 Å². The number of fused-ring (bicyclic) bond motifs is 10. The molecule has 0 saturated heterocycles.